The number of benzene rings is 4. The Kier molecular flexibility index (Phi) is 7.24. The number of halogens is 1. The van der Waals surface area contributed by atoms with Crippen LogP contribution < -0.4 is 10.1 Å². The monoisotopic (exact) mass is 510 g/mol. The number of hydrogen-bond donors (Lipinski definition) is 1. The SMILES string of the molecule is CCC(C)c1ccc2oc(-c3ccc(Cl)c(NC(=O)c4ccc(OCc5ccccc5)cc4)c3)nc2c1. The quantitative estimate of drug-likeness (QED) is 0.227. The number of carbonyl (C=O) groups excluding carboxylic acids is 1. The Bertz CT molecular complexity index is 1530. The van der Waals surface area contributed by atoms with E-state index in [9.17, 15) is 4.79 Å². The van der Waals surface area contributed by atoms with E-state index in [0.717, 1.165) is 28.6 Å². The first kappa shape index (κ1) is 24.6. The van der Waals surface area contributed by atoms with E-state index in [4.69, 9.17) is 20.8 Å². The number of rotatable bonds is 8. The number of hydrogen-bond acceptors (Lipinski definition) is 4. The zero-order valence-corrected chi connectivity index (χ0v) is 21.5. The molecule has 0 saturated carbocycles. The summed E-state index contributed by atoms with van der Waals surface area (Å²) in [4.78, 5) is 17.6. The highest BCUT2D eigenvalue weighted by molar-refractivity contribution is 6.34. The van der Waals surface area contributed by atoms with E-state index in [2.05, 4.69) is 36.3 Å². The van der Waals surface area contributed by atoms with Crippen molar-refractivity contribution in [1.29, 1.82) is 0 Å². The summed E-state index contributed by atoms with van der Waals surface area (Å²) >= 11 is 6.40. The van der Waals surface area contributed by atoms with Crippen LogP contribution in [0, 0.1) is 0 Å². The number of fused-ring (bicyclic) bond motifs is 1. The summed E-state index contributed by atoms with van der Waals surface area (Å²) < 4.78 is 11.8. The number of nitrogens with one attached hydrogen (secondary N) is 1. The zero-order chi connectivity index (χ0) is 25.8. The van der Waals surface area contributed by atoms with Gasteiger partial charge >= 0.3 is 0 Å². The number of carbonyl (C=O) groups is 1. The molecular formula is C31H27ClN2O3. The van der Waals surface area contributed by atoms with Gasteiger partial charge in [0.05, 0.1) is 10.7 Å². The Morgan fingerprint density at radius 3 is 2.54 bits per heavy atom. The number of nitrogens with zero attached hydrogens (tertiary/aromatic N) is 1. The van der Waals surface area contributed by atoms with E-state index in [-0.39, 0.29) is 5.91 Å². The van der Waals surface area contributed by atoms with Crippen molar-refractivity contribution < 1.29 is 13.9 Å². The topological polar surface area (TPSA) is 64.4 Å². The molecule has 0 spiro atoms. The highest BCUT2D eigenvalue weighted by Gasteiger charge is 2.14. The predicted molar refractivity (Wildman–Crippen MR) is 148 cm³/mol. The molecule has 1 atom stereocenters. The van der Waals surface area contributed by atoms with Crippen LogP contribution >= 0.6 is 11.6 Å². The second kappa shape index (κ2) is 10.9. The zero-order valence-electron chi connectivity index (χ0n) is 20.7. The summed E-state index contributed by atoms with van der Waals surface area (Å²) in [6.07, 6.45) is 1.06. The van der Waals surface area contributed by atoms with E-state index < -0.39 is 0 Å². The molecule has 0 fully saturated rings. The smallest absolute Gasteiger partial charge is 0.255 e. The summed E-state index contributed by atoms with van der Waals surface area (Å²) in [5.41, 5.74) is 5.54. The van der Waals surface area contributed by atoms with E-state index >= 15 is 0 Å². The van der Waals surface area contributed by atoms with Crippen LogP contribution in [0.15, 0.2) is 95.4 Å². The van der Waals surface area contributed by atoms with Gasteiger partial charge in [0, 0.05) is 11.1 Å². The first-order chi connectivity index (χ1) is 18.0. The van der Waals surface area contributed by atoms with Gasteiger partial charge in [-0.05, 0) is 78.1 Å². The minimum absolute atomic E-state index is 0.274. The molecule has 1 amide bonds. The second-order valence-corrected chi connectivity index (χ2v) is 9.41. The molecule has 37 heavy (non-hydrogen) atoms. The van der Waals surface area contributed by atoms with Crippen molar-refractivity contribution in [2.45, 2.75) is 32.8 Å². The van der Waals surface area contributed by atoms with Gasteiger partial charge in [0.15, 0.2) is 5.58 Å². The molecule has 0 radical (unpaired) electrons. The molecule has 186 valence electrons. The lowest BCUT2D eigenvalue weighted by Crippen LogP contribution is -2.12. The number of aromatic nitrogens is 1. The Balaban J connectivity index is 1.30. The fourth-order valence-corrected chi connectivity index (χ4v) is 4.17. The Morgan fingerprint density at radius 1 is 1.00 bits per heavy atom. The van der Waals surface area contributed by atoms with Crippen molar-refractivity contribution >= 4 is 34.3 Å². The van der Waals surface area contributed by atoms with Gasteiger partial charge < -0.3 is 14.5 Å². The summed E-state index contributed by atoms with van der Waals surface area (Å²) in [7, 11) is 0. The molecule has 5 aromatic rings. The lowest BCUT2D eigenvalue weighted by Gasteiger charge is -2.10. The average molecular weight is 511 g/mol. The van der Waals surface area contributed by atoms with Crippen LogP contribution in [-0.2, 0) is 6.61 Å². The molecule has 1 N–H and O–H groups in total. The Labute approximate surface area is 221 Å². The van der Waals surface area contributed by atoms with Gasteiger partial charge in [-0.25, -0.2) is 4.98 Å². The van der Waals surface area contributed by atoms with E-state index in [1.165, 1.54) is 5.56 Å². The maximum absolute atomic E-state index is 12.9. The van der Waals surface area contributed by atoms with E-state index in [1.807, 2.05) is 42.5 Å². The lowest BCUT2D eigenvalue weighted by molar-refractivity contribution is 0.102. The third-order valence-corrected chi connectivity index (χ3v) is 6.75. The van der Waals surface area contributed by atoms with Gasteiger partial charge in [-0.3, -0.25) is 4.79 Å². The van der Waals surface area contributed by atoms with Gasteiger partial charge in [0.2, 0.25) is 5.89 Å². The molecule has 6 heteroatoms. The van der Waals surface area contributed by atoms with E-state index in [0.29, 0.717) is 40.4 Å². The van der Waals surface area contributed by atoms with Gasteiger partial charge in [0.25, 0.3) is 5.91 Å². The van der Waals surface area contributed by atoms with Gasteiger partial charge in [-0.1, -0.05) is 61.8 Å². The Hall–Kier alpha value is -4.09. The van der Waals surface area contributed by atoms with Crippen molar-refractivity contribution in [2.75, 3.05) is 5.32 Å². The van der Waals surface area contributed by atoms with Crippen LogP contribution in [0.3, 0.4) is 0 Å². The fourth-order valence-electron chi connectivity index (χ4n) is 4.00. The third-order valence-electron chi connectivity index (χ3n) is 6.42. The minimum atomic E-state index is -0.274. The van der Waals surface area contributed by atoms with Crippen molar-refractivity contribution in [3.05, 3.63) is 113 Å². The molecule has 4 aromatic carbocycles. The molecule has 0 aliphatic heterocycles. The Morgan fingerprint density at radius 2 is 1.78 bits per heavy atom. The first-order valence-electron chi connectivity index (χ1n) is 12.3. The van der Waals surface area contributed by atoms with Crippen LogP contribution in [0.2, 0.25) is 5.02 Å². The predicted octanol–water partition coefficient (Wildman–Crippen LogP) is 8.49. The first-order valence-corrected chi connectivity index (χ1v) is 12.7. The molecule has 0 aliphatic carbocycles. The van der Waals surface area contributed by atoms with Crippen molar-refractivity contribution in [3.8, 4) is 17.2 Å². The van der Waals surface area contributed by atoms with Crippen LogP contribution in [0.5, 0.6) is 5.75 Å². The van der Waals surface area contributed by atoms with Crippen molar-refractivity contribution in [3.63, 3.8) is 0 Å². The average Bonchev–Trinajstić information content (AvgIpc) is 3.37. The molecule has 0 saturated heterocycles. The summed E-state index contributed by atoms with van der Waals surface area (Å²) in [5, 5.41) is 3.32. The molecule has 1 heterocycles. The molecule has 1 aromatic heterocycles. The molecule has 5 rings (SSSR count). The lowest BCUT2D eigenvalue weighted by atomic mass is 9.98. The van der Waals surface area contributed by atoms with Gasteiger partial charge in [-0.15, -0.1) is 0 Å². The third kappa shape index (κ3) is 5.68. The summed E-state index contributed by atoms with van der Waals surface area (Å²) in [6, 6.07) is 28.4. The standard InChI is InChI=1S/C31H27ClN2O3/c1-3-20(2)23-12-16-29-28(17-23)34-31(37-29)24-11-15-26(32)27(18-24)33-30(35)22-9-13-25(14-10-22)36-19-21-7-5-4-6-8-21/h4-18,20H,3,19H2,1-2H3,(H,33,35). The highest BCUT2D eigenvalue weighted by atomic mass is 35.5. The highest BCUT2D eigenvalue weighted by Crippen LogP contribution is 2.32. The number of anilines is 1. The van der Waals surface area contributed by atoms with Crippen LogP contribution in [0.25, 0.3) is 22.6 Å². The van der Waals surface area contributed by atoms with Gasteiger partial charge in [-0.2, -0.15) is 0 Å². The van der Waals surface area contributed by atoms with Crippen LogP contribution in [0.4, 0.5) is 5.69 Å². The maximum Gasteiger partial charge on any atom is 0.255 e. The minimum Gasteiger partial charge on any atom is -0.489 e. The molecule has 0 aliphatic rings. The molecule has 5 nitrogen and oxygen atoms in total. The molecule has 1 unspecified atom stereocenters. The molecular weight excluding hydrogens is 484 g/mol. The van der Waals surface area contributed by atoms with Crippen LogP contribution in [-0.4, -0.2) is 10.9 Å². The normalized spacial score (nSPS) is 11.9. The second-order valence-electron chi connectivity index (χ2n) is 9.00. The molecule has 0 bridgehead atoms. The number of oxazole rings is 1. The largest absolute Gasteiger partial charge is 0.489 e. The van der Waals surface area contributed by atoms with Crippen molar-refractivity contribution in [1.82, 2.24) is 4.98 Å². The fraction of sp³-hybridized carbons (Fsp3) is 0.161. The number of amides is 1. The maximum atomic E-state index is 12.9. The van der Waals surface area contributed by atoms with E-state index in [1.54, 1.807) is 36.4 Å². The number of ether oxygens (including phenoxy) is 1. The van der Waals surface area contributed by atoms with Gasteiger partial charge in [0.1, 0.15) is 17.9 Å². The summed E-state index contributed by atoms with van der Waals surface area (Å²) in [5.74, 6) is 1.34. The summed E-state index contributed by atoms with van der Waals surface area (Å²) in [6.45, 7) is 4.83. The van der Waals surface area contributed by atoms with Crippen LogP contribution in [0.1, 0.15) is 47.7 Å². The van der Waals surface area contributed by atoms with Crippen molar-refractivity contribution in [2.24, 2.45) is 0 Å².